The molecule has 0 aromatic heterocycles. The van der Waals surface area contributed by atoms with E-state index in [1.807, 2.05) is 24.3 Å². The molecule has 1 atom stereocenters. The van der Waals surface area contributed by atoms with E-state index < -0.39 is 0 Å². The molecule has 13 heavy (non-hydrogen) atoms. The predicted octanol–water partition coefficient (Wildman–Crippen LogP) is 2.14. The number of hydrogen-bond acceptors (Lipinski definition) is 3. The highest BCUT2D eigenvalue weighted by molar-refractivity contribution is 5.59. The van der Waals surface area contributed by atoms with Crippen molar-refractivity contribution in [1.82, 2.24) is 0 Å². The maximum absolute atomic E-state index is 5.14. The summed E-state index contributed by atoms with van der Waals surface area (Å²) in [5.74, 6) is 0.864. The Bertz CT molecular complexity index is 297. The average molecular weight is 177 g/mol. The zero-order valence-corrected chi connectivity index (χ0v) is 7.43. The van der Waals surface area contributed by atoms with Crippen molar-refractivity contribution in [2.75, 3.05) is 7.11 Å². The van der Waals surface area contributed by atoms with Gasteiger partial charge in [-0.25, -0.2) is 0 Å². The fraction of sp³-hybridized carbons (Fsp3) is 0.300. The second-order valence-corrected chi connectivity index (χ2v) is 2.89. The van der Waals surface area contributed by atoms with E-state index in [4.69, 9.17) is 9.57 Å². The first-order valence-corrected chi connectivity index (χ1v) is 4.22. The molecule has 1 aliphatic heterocycles. The number of nitrogens with zero attached hydrogens (tertiary/aromatic N) is 1. The van der Waals surface area contributed by atoms with E-state index in [-0.39, 0.29) is 6.10 Å². The zero-order valence-electron chi connectivity index (χ0n) is 7.43. The lowest BCUT2D eigenvalue weighted by Crippen LogP contribution is -1.95. The number of methoxy groups -OCH3 is 1. The van der Waals surface area contributed by atoms with Crippen LogP contribution in [0.25, 0.3) is 0 Å². The molecule has 68 valence electrons. The van der Waals surface area contributed by atoms with E-state index in [2.05, 4.69) is 5.16 Å². The van der Waals surface area contributed by atoms with Gasteiger partial charge < -0.3 is 9.57 Å². The minimum absolute atomic E-state index is 0.0888. The van der Waals surface area contributed by atoms with Gasteiger partial charge in [0, 0.05) is 12.6 Å². The molecule has 0 bridgehead atoms. The monoisotopic (exact) mass is 177 g/mol. The molecule has 3 nitrogen and oxygen atoms in total. The van der Waals surface area contributed by atoms with Crippen molar-refractivity contribution < 1.29 is 9.57 Å². The van der Waals surface area contributed by atoms with Crippen LogP contribution in [0.1, 0.15) is 18.1 Å². The number of ether oxygens (including phenoxy) is 1. The molecule has 0 amide bonds. The lowest BCUT2D eigenvalue weighted by Gasteiger charge is -2.08. The Labute approximate surface area is 77.0 Å². The third-order valence-corrected chi connectivity index (χ3v) is 2.07. The zero-order chi connectivity index (χ0) is 9.10. The van der Waals surface area contributed by atoms with E-state index in [0.29, 0.717) is 0 Å². The quantitative estimate of drug-likeness (QED) is 0.693. The Morgan fingerprint density at radius 2 is 2.15 bits per heavy atom. The molecule has 1 heterocycles. The summed E-state index contributed by atoms with van der Waals surface area (Å²) in [7, 11) is 1.66. The van der Waals surface area contributed by atoms with E-state index in [9.17, 15) is 0 Å². The average Bonchev–Trinajstić information content (AvgIpc) is 2.71. The molecule has 1 aliphatic rings. The molecule has 0 spiro atoms. The second kappa shape index (κ2) is 3.47. The lowest BCUT2D eigenvalue weighted by molar-refractivity contribution is 0.0857. The van der Waals surface area contributed by atoms with Crippen LogP contribution in [-0.4, -0.2) is 13.3 Å². The Kier molecular flexibility index (Phi) is 2.17. The van der Waals surface area contributed by atoms with Crippen LogP contribution in [-0.2, 0) is 4.84 Å². The van der Waals surface area contributed by atoms with Crippen LogP contribution in [0.15, 0.2) is 29.4 Å². The van der Waals surface area contributed by atoms with Crippen LogP contribution < -0.4 is 4.74 Å². The van der Waals surface area contributed by atoms with Crippen LogP contribution in [0.4, 0.5) is 0 Å². The third-order valence-electron chi connectivity index (χ3n) is 2.07. The standard InChI is InChI=1S/C10H11NO2/c1-12-9-4-2-8(3-5-9)10-6-7-11-13-10/h2-5,7,10H,6H2,1H3. The molecule has 0 saturated heterocycles. The lowest BCUT2D eigenvalue weighted by atomic mass is 10.1. The predicted molar refractivity (Wildman–Crippen MR) is 49.9 cm³/mol. The summed E-state index contributed by atoms with van der Waals surface area (Å²) < 4.78 is 5.06. The van der Waals surface area contributed by atoms with Gasteiger partial charge >= 0.3 is 0 Å². The van der Waals surface area contributed by atoms with Crippen molar-refractivity contribution in [3.63, 3.8) is 0 Å². The molecule has 0 saturated carbocycles. The molecule has 1 unspecified atom stereocenters. The van der Waals surface area contributed by atoms with Gasteiger partial charge in [-0.2, -0.15) is 0 Å². The number of oxime groups is 1. The molecule has 1 aromatic rings. The molecule has 3 heteroatoms. The van der Waals surface area contributed by atoms with Crippen molar-refractivity contribution in [2.45, 2.75) is 12.5 Å². The molecule has 1 aromatic carbocycles. The van der Waals surface area contributed by atoms with Crippen molar-refractivity contribution in [2.24, 2.45) is 5.16 Å². The maximum atomic E-state index is 5.14. The summed E-state index contributed by atoms with van der Waals surface area (Å²) in [4.78, 5) is 5.14. The Morgan fingerprint density at radius 1 is 1.38 bits per heavy atom. The molecular weight excluding hydrogens is 166 g/mol. The molecule has 0 aliphatic carbocycles. The van der Waals surface area contributed by atoms with Gasteiger partial charge in [0.25, 0.3) is 0 Å². The van der Waals surface area contributed by atoms with Gasteiger partial charge in [-0.05, 0) is 17.7 Å². The van der Waals surface area contributed by atoms with Gasteiger partial charge in [-0.1, -0.05) is 17.3 Å². The van der Waals surface area contributed by atoms with Crippen molar-refractivity contribution in [3.05, 3.63) is 29.8 Å². The van der Waals surface area contributed by atoms with Crippen LogP contribution in [0.3, 0.4) is 0 Å². The van der Waals surface area contributed by atoms with Gasteiger partial charge in [0.1, 0.15) is 5.75 Å². The minimum Gasteiger partial charge on any atom is -0.497 e. The van der Waals surface area contributed by atoms with E-state index in [1.165, 1.54) is 0 Å². The summed E-state index contributed by atoms with van der Waals surface area (Å²) in [6, 6.07) is 7.85. The summed E-state index contributed by atoms with van der Waals surface area (Å²) in [5.41, 5.74) is 1.14. The topological polar surface area (TPSA) is 30.8 Å². The fourth-order valence-electron chi connectivity index (χ4n) is 1.31. The van der Waals surface area contributed by atoms with Crippen LogP contribution in [0.5, 0.6) is 5.75 Å². The fourth-order valence-corrected chi connectivity index (χ4v) is 1.31. The normalized spacial score (nSPS) is 19.9. The van der Waals surface area contributed by atoms with Crippen LogP contribution in [0, 0.1) is 0 Å². The molecule has 2 rings (SSSR count). The Hall–Kier alpha value is -1.51. The van der Waals surface area contributed by atoms with E-state index in [0.717, 1.165) is 17.7 Å². The van der Waals surface area contributed by atoms with Crippen molar-refractivity contribution in [3.8, 4) is 5.75 Å². The Balaban J connectivity index is 2.13. The van der Waals surface area contributed by atoms with Gasteiger partial charge in [0.15, 0.2) is 6.10 Å². The SMILES string of the molecule is COc1ccc(C2CC=NO2)cc1. The highest BCUT2D eigenvalue weighted by Crippen LogP contribution is 2.25. The smallest absolute Gasteiger partial charge is 0.157 e. The van der Waals surface area contributed by atoms with Gasteiger partial charge in [-0.3, -0.25) is 0 Å². The highest BCUT2D eigenvalue weighted by Gasteiger charge is 2.15. The first-order chi connectivity index (χ1) is 6.40. The summed E-state index contributed by atoms with van der Waals surface area (Å²) in [6.45, 7) is 0. The summed E-state index contributed by atoms with van der Waals surface area (Å²) in [6.07, 6.45) is 2.73. The van der Waals surface area contributed by atoms with Crippen molar-refractivity contribution >= 4 is 6.21 Å². The first kappa shape index (κ1) is 8.10. The molecular formula is C10H11NO2. The van der Waals surface area contributed by atoms with E-state index in [1.54, 1.807) is 13.3 Å². The number of hydrogen-bond donors (Lipinski definition) is 0. The summed E-state index contributed by atoms with van der Waals surface area (Å²) >= 11 is 0. The van der Waals surface area contributed by atoms with Crippen molar-refractivity contribution in [1.29, 1.82) is 0 Å². The number of rotatable bonds is 2. The molecule has 0 radical (unpaired) electrons. The Morgan fingerprint density at radius 3 is 2.69 bits per heavy atom. The van der Waals surface area contributed by atoms with Gasteiger partial charge in [0.05, 0.1) is 7.11 Å². The summed E-state index contributed by atoms with van der Waals surface area (Å²) in [5, 5.41) is 3.73. The van der Waals surface area contributed by atoms with Gasteiger partial charge in [-0.15, -0.1) is 0 Å². The van der Waals surface area contributed by atoms with E-state index >= 15 is 0 Å². The third kappa shape index (κ3) is 1.64. The molecule has 0 fully saturated rings. The van der Waals surface area contributed by atoms with Gasteiger partial charge in [0.2, 0.25) is 0 Å². The number of benzene rings is 1. The largest absolute Gasteiger partial charge is 0.497 e. The van der Waals surface area contributed by atoms with Crippen LogP contribution >= 0.6 is 0 Å². The molecule has 0 N–H and O–H groups in total. The first-order valence-electron chi connectivity index (χ1n) is 4.22. The minimum atomic E-state index is 0.0888. The second-order valence-electron chi connectivity index (χ2n) is 2.89. The highest BCUT2D eigenvalue weighted by atomic mass is 16.6. The maximum Gasteiger partial charge on any atom is 0.157 e. The van der Waals surface area contributed by atoms with Crippen LogP contribution in [0.2, 0.25) is 0 Å².